The van der Waals surface area contributed by atoms with E-state index in [4.69, 9.17) is 5.26 Å². The van der Waals surface area contributed by atoms with Crippen molar-refractivity contribution >= 4 is 5.82 Å². The molecule has 96 valence electrons. The standard InChI is InChI=1S/C8H3F4N3O3/c9-7-4(1-2-13)5(18-8(10,11)12)3-6(14-7)15(16)17/h3H,1H2. The molecular formula is C8H3F4N3O3. The zero-order valence-electron chi connectivity index (χ0n) is 8.36. The van der Waals surface area contributed by atoms with Gasteiger partial charge in [0, 0.05) is 0 Å². The molecule has 6 nitrogen and oxygen atoms in total. The highest BCUT2D eigenvalue weighted by Crippen LogP contribution is 2.30. The van der Waals surface area contributed by atoms with E-state index in [1.807, 2.05) is 0 Å². The lowest BCUT2D eigenvalue weighted by Crippen LogP contribution is -2.19. The summed E-state index contributed by atoms with van der Waals surface area (Å²) >= 11 is 0. The number of nitrogens with zero attached hydrogens (tertiary/aromatic N) is 3. The van der Waals surface area contributed by atoms with E-state index in [1.54, 1.807) is 0 Å². The van der Waals surface area contributed by atoms with E-state index >= 15 is 0 Å². The van der Waals surface area contributed by atoms with Gasteiger partial charge < -0.3 is 14.9 Å². The molecule has 0 amide bonds. The van der Waals surface area contributed by atoms with Gasteiger partial charge in [-0.15, -0.1) is 13.2 Å². The predicted molar refractivity (Wildman–Crippen MR) is 46.8 cm³/mol. The second kappa shape index (κ2) is 4.82. The summed E-state index contributed by atoms with van der Waals surface area (Å²) in [4.78, 5) is 12.0. The molecule has 0 unspecified atom stereocenters. The van der Waals surface area contributed by atoms with Gasteiger partial charge in [0.25, 0.3) is 0 Å². The molecular weight excluding hydrogens is 262 g/mol. The Labute approximate surface area is 96.6 Å². The summed E-state index contributed by atoms with van der Waals surface area (Å²) in [6, 6.07) is 1.71. The molecule has 0 N–H and O–H groups in total. The van der Waals surface area contributed by atoms with Gasteiger partial charge in [0.15, 0.2) is 0 Å². The Kier molecular flexibility index (Phi) is 3.65. The molecule has 1 aromatic heterocycles. The topological polar surface area (TPSA) is 89.0 Å². The van der Waals surface area contributed by atoms with Gasteiger partial charge in [0.1, 0.15) is 5.75 Å². The predicted octanol–water partition coefficient (Wildman–Crippen LogP) is 2.09. The Bertz CT molecular complexity index is 524. The van der Waals surface area contributed by atoms with E-state index < -0.39 is 40.8 Å². The first-order valence-electron chi connectivity index (χ1n) is 4.21. The minimum absolute atomic E-state index is 0.309. The fraction of sp³-hybridized carbons (Fsp3) is 0.250. The maximum atomic E-state index is 13.2. The zero-order valence-corrected chi connectivity index (χ0v) is 8.36. The fourth-order valence-corrected chi connectivity index (χ4v) is 1.05. The van der Waals surface area contributed by atoms with E-state index in [0.717, 1.165) is 0 Å². The number of nitro groups is 1. The van der Waals surface area contributed by atoms with Crippen molar-refractivity contribution < 1.29 is 27.2 Å². The molecule has 0 saturated heterocycles. The summed E-state index contributed by atoms with van der Waals surface area (Å²) in [6.07, 6.45) is -5.92. The van der Waals surface area contributed by atoms with Crippen LogP contribution in [0.2, 0.25) is 0 Å². The van der Waals surface area contributed by atoms with E-state index in [2.05, 4.69) is 9.72 Å². The van der Waals surface area contributed by atoms with Crippen LogP contribution in [0.15, 0.2) is 6.07 Å². The molecule has 1 heterocycles. The van der Waals surface area contributed by atoms with Gasteiger partial charge in [-0.1, -0.05) is 0 Å². The van der Waals surface area contributed by atoms with Crippen LogP contribution in [0.25, 0.3) is 0 Å². The third-order valence-corrected chi connectivity index (χ3v) is 1.69. The number of ether oxygens (including phenoxy) is 1. The number of alkyl halides is 3. The smallest absolute Gasteiger partial charge is 0.405 e. The number of halogens is 4. The molecule has 10 heteroatoms. The lowest BCUT2D eigenvalue weighted by Gasteiger charge is -2.10. The zero-order chi connectivity index (χ0) is 13.9. The maximum absolute atomic E-state index is 13.2. The lowest BCUT2D eigenvalue weighted by atomic mass is 10.2. The minimum Gasteiger partial charge on any atom is -0.405 e. The summed E-state index contributed by atoms with van der Waals surface area (Å²) < 4.78 is 52.7. The molecule has 0 saturated carbocycles. The second-order valence-electron chi connectivity index (χ2n) is 2.89. The van der Waals surface area contributed by atoms with Crippen LogP contribution < -0.4 is 4.74 Å². The van der Waals surface area contributed by atoms with Crippen LogP contribution in [0.3, 0.4) is 0 Å². The molecule has 0 aliphatic carbocycles. The number of hydrogen-bond donors (Lipinski definition) is 0. The molecule has 0 aromatic carbocycles. The third-order valence-electron chi connectivity index (χ3n) is 1.69. The first-order valence-corrected chi connectivity index (χ1v) is 4.21. The van der Waals surface area contributed by atoms with Gasteiger partial charge in [-0.3, -0.25) is 0 Å². The van der Waals surface area contributed by atoms with Crippen LogP contribution in [0.4, 0.5) is 23.4 Å². The van der Waals surface area contributed by atoms with E-state index in [9.17, 15) is 27.7 Å². The Hall–Kier alpha value is -2.44. The quantitative estimate of drug-likeness (QED) is 0.361. The Morgan fingerprint density at radius 2 is 2.17 bits per heavy atom. The third kappa shape index (κ3) is 3.27. The van der Waals surface area contributed by atoms with Crippen molar-refractivity contribution in [1.82, 2.24) is 4.98 Å². The molecule has 0 spiro atoms. The van der Waals surface area contributed by atoms with Crippen molar-refractivity contribution in [2.45, 2.75) is 12.8 Å². The summed E-state index contributed by atoms with van der Waals surface area (Å²) in [5.41, 5.74) is -0.791. The first-order chi connectivity index (χ1) is 8.24. The van der Waals surface area contributed by atoms with Crippen molar-refractivity contribution in [2.75, 3.05) is 0 Å². The van der Waals surface area contributed by atoms with Crippen molar-refractivity contribution in [3.63, 3.8) is 0 Å². The summed E-state index contributed by atoms with van der Waals surface area (Å²) in [5, 5.41) is 18.6. The summed E-state index contributed by atoms with van der Waals surface area (Å²) in [7, 11) is 0. The highest BCUT2D eigenvalue weighted by molar-refractivity contribution is 5.40. The molecule has 0 fully saturated rings. The summed E-state index contributed by atoms with van der Waals surface area (Å²) in [6.45, 7) is 0. The number of nitriles is 1. The van der Waals surface area contributed by atoms with Gasteiger partial charge in [0.05, 0.1) is 24.1 Å². The van der Waals surface area contributed by atoms with Gasteiger partial charge in [-0.2, -0.15) is 9.65 Å². The molecule has 0 aliphatic rings. The van der Waals surface area contributed by atoms with E-state index in [-0.39, 0.29) is 0 Å². The summed E-state index contributed by atoms with van der Waals surface area (Å²) in [5.74, 6) is -3.85. The van der Waals surface area contributed by atoms with E-state index in [0.29, 0.717) is 6.07 Å². The van der Waals surface area contributed by atoms with E-state index in [1.165, 1.54) is 6.07 Å². The number of hydrogen-bond acceptors (Lipinski definition) is 5. The van der Waals surface area contributed by atoms with Gasteiger partial charge >= 0.3 is 18.1 Å². The van der Waals surface area contributed by atoms with Crippen LogP contribution in [0.5, 0.6) is 5.75 Å². The monoisotopic (exact) mass is 265 g/mol. The second-order valence-corrected chi connectivity index (χ2v) is 2.89. The first kappa shape index (κ1) is 13.6. The number of aromatic nitrogens is 1. The number of pyridine rings is 1. The van der Waals surface area contributed by atoms with Crippen LogP contribution in [-0.4, -0.2) is 16.3 Å². The van der Waals surface area contributed by atoms with Crippen molar-refractivity contribution in [3.05, 3.63) is 27.7 Å². The average Bonchev–Trinajstić information content (AvgIpc) is 2.20. The highest BCUT2D eigenvalue weighted by Gasteiger charge is 2.34. The van der Waals surface area contributed by atoms with Crippen molar-refractivity contribution in [2.24, 2.45) is 0 Å². The van der Waals surface area contributed by atoms with Crippen molar-refractivity contribution in [3.8, 4) is 11.8 Å². The SMILES string of the molecule is N#CCc1c(OC(F)(F)F)cc([N+](=O)[O-])nc1F. The molecule has 18 heavy (non-hydrogen) atoms. The molecule has 1 rings (SSSR count). The maximum Gasteiger partial charge on any atom is 0.573 e. The van der Waals surface area contributed by atoms with Crippen molar-refractivity contribution in [1.29, 1.82) is 5.26 Å². The molecule has 0 atom stereocenters. The van der Waals surface area contributed by atoms with Gasteiger partial charge in [0.2, 0.25) is 0 Å². The Morgan fingerprint density at radius 1 is 1.56 bits per heavy atom. The Balaban J connectivity index is 3.34. The lowest BCUT2D eigenvalue weighted by molar-refractivity contribution is -0.390. The molecule has 0 bridgehead atoms. The van der Waals surface area contributed by atoms with Crippen LogP contribution in [-0.2, 0) is 6.42 Å². The average molecular weight is 265 g/mol. The van der Waals surface area contributed by atoms with Gasteiger partial charge in [-0.25, -0.2) is 0 Å². The van der Waals surface area contributed by atoms with Crippen LogP contribution in [0.1, 0.15) is 5.56 Å². The highest BCUT2D eigenvalue weighted by atomic mass is 19.4. The van der Waals surface area contributed by atoms with Crippen LogP contribution in [0, 0.1) is 27.4 Å². The Morgan fingerprint density at radius 3 is 2.61 bits per heavy atom. The van der Waals surface area contributed by atoms with Crippen LogP contribution >= 0.6 is 0 Å². The molecule has 1 aromatic rings. The molecule has 0 aliphatic heterocycles. The minimum atomic E-state index is -5.16. The van der Waals surface area contributed by atoms with Gasteiger partial charge in [-0.05, 0) is 9.91 Å². The molecule has 0 radical (unpaired) electrons. The largest absolute Gasteiger partial charge is 0.573 e. The number of rotatable bonds is 3. The fourth-order valence-electron chi connectivity index (χ4n) is 1.05. The normalized spacial score (nSPS) is 10.8.